The van der Waals surface area contributed by atoms with E-state index < -0.39 is 0 Å². The van der Waals surface area contributed by atoms with Crippen LogP contribution in [0.5, 0.6) is 0 Å². The van der Waals surface area contributed by atoms with E-state index in [0.717, 1.165) is 24.1 Å². The predicted molar refractivity (Wildman–Crippen MR) is 72.9 cm³/mol. The third-order valence-electron chi connectivity index (χ3n) is 3.11. The predicted octanol–water partition coefficient (Wildman–Crippen LogP) is 1.61. The highest BCUT2D eigenvalue weighted by atomic mass is 79.9. The lowest BCUT2D eigenvalue weighted by molar-refractivity contribution is 0.278. The van der Waals surface area contributed by atoms with Gasteiger partial charge in [0, 0.05) is 36.7 Å². The lowest BCUT2D eigenvalue weighted by Crippen LogP contribution is -2.34. The molecule has 0 spiro atoms. The van der Waals surface area contributed by atoms with E-state index in [-0.39, 0.29) is 6.61 Å². The molecule has 1 unspecified atom stereocenters. The molecule has 0 amide bonds. The van der Waals surface area contributed by atoms with Gasteiger partial charge in [-0.15, -0.1) is 0 Å². The van der Waals surface area contributed by atoms with Crippen LogP contribution >= 0.6 is 15.9 Å². The first-order chi connectivity index (χ1) is 8.28. The molecule has 2 rings (SSSR count). The molecule has 0 aliphatic carbocycles. The molecule has 1 heterocycles. The molecule has 94 valence electrons. The van der Waals surface area contributed by atoms with Crippen molar-refractivity contribution < 1.29 is 5.11 Å². The van der Waals surface area contributed by atoms with Gasteiger partial charge in [0.2, 0.25) is 0 Å². The summed E-state index contributed by atoms with van der Waals surface area (Å²) in [4.78, 5) is 2.46. The average Bonchev–Trinajstić information content (AvgIpc) is 2.74. The average molecular weight is 299 g/mol. The smallest absolute Gasteiger partial charge is 0.0556 e. The van der Waals surface area contributed by atoms with Crippen LogP contribution in [0, 0.1) is 0 Å². The first kappa shape index (κ1) is 13.0. The van der Waals surface area contributed by atoms with Gasteiger partial charge in [-0.05, 0) is 24.1 Å². The van der Waals surface area contributed by atoms with Crippen LogP contribution < -0.4 is 5.32 Å². The van der Waals surface area contributed by atoms with Crippen molar-refractivity contribution in [1.29, 1.82) is 0 Å². The minimum atomic E-state index is 0.224. The Kier molecular flexibility index (Phi) is 4.98. The minimum absolute atomic E-state index is 0.224. The molecule has 0 aromatic heterocycles. The number of halogens is 1. The fourth-order valence-corrected chi connectivity index (χ4v) is 2.75. The van der Waals surface area contributed by atoms with Crippen molar-refractivity contribution in [2.45, 2.75) is 19.0 Å². The van der Waals surface area contributed by atoms with Gasteiger partial charge in [0.05, 0.1) is 6.61 Å². The number of likely N-dealkylation sites (tertiary alicyclic amines) is 1. The quantitative estimate of drug-likeness (QED) is 0.867. The number of rotatable bonds is 5. The molecule has 0 radical (unpaired) electrons. The monoisotopic (exact) mass is 298 g/mol. The SMILES string of the molecule is OCCNC1CCN(Cc2cccc(Br)c2)C1. The fraction of sp³-hybridized carbons (Fsp3) is 0.538. The summed E-state index contributed by atoms with van der Waals surface area (Å²) in [5.74, 6) is 0. The Balaban J connectivity index is 1.81. The van der Waals surface area contributed by atoms with Gasteiger partial charge in [0.25, 0.3) is 0 Å². The lowest BCUT2D eigenvalue weighted by atomic mass is 10.2. The topological polar surface area (TPSA) is 35.5 Å². The standard InChI is InChI=1S/C13H19BrN2O/c14-12-3-1-2-11(8-12)9-16-6-4-13(10-16)15-5-7-17/h1-3,8,13,15,17H,4-7,9-10H2. The van der Waals surface area contributed by atoms with Crippen molar-refractivity contribution in [3.05, 3.63) is 34.3 Å². The van der Waals surface area contributed by atoms with Gasteiger partial charge in [-0.3, -0.25) is 4.90 Å². The van der Waals surface area contributed by atoms with Crippen molar-refractivity contribution in [3.63, 3.8) is 0 Å². The van der Waals surface area contributed by atoms with Gasteiger partial charge < -0.3 is 10.4 Å². The molecule has 17 heavy (non-hydrogen) atoms. The van der Waals surface area contributed by atoms with E-state index in [2.05, 4.69) is 50.4 Å². The molecule has 0 saturated carbocycles. The largest absolute Gasteiger partial charge is 0.395 e. The van der Waals surface area contributed by atoms with Gasteiger partial charge in [-0.2, -0.15) is 0 Å². The minimum Gasteiger partial charge on any atom is -0.395 e. The van der Waals surface area contributed by atoms with E-state index in [1.807, 2.05) is 0 Å². The van der Waals surface area contributed by atoms with Crippen molar-refractivity contribution >= 4 is 15.9 Å². The summed E-state index contributed by atoms with van der Waals surface area (Å²) >= 11 is 3.50. The van der Waals surface area contributed by atoms with Crippen molar-refractivity contribution in [2.75, 3.05) is 26.2 Å². The zero-order valence-electron chi connectivity index (χ0n) is 9.90. The lowest BCUT2D eigenvalue weighted by Gasteiger charge is -2.16. The van der Waals surface area contributed by atoms with E-state index in [1.54, 1.807) is 0 Å². The Morgan fingerprint density at radius 3 is 3.12 bits per heavy atom. The third kappa shape index (κ3) is 4.07. The Morgan fingerprint density at radius 2 is 2.35 bits per heavy atom. The molecule has 1 aliphatic rings. The molecule has 1 aliphatic heterocycles. The summed E-state index contributed by atoms with van der Waals surface area (Å²) in [6.07, 6.45) is 1.17. The van der Waals surface area contributed by atoms with Crippen LogP contribution in [0.15, 0.2) is 28.7 Å². The van der Waals surface area contributed by atoms with Crippen LogP contribution in [0.4, 0.5) is 0 Å². The summed E-state index contributed by atoms with van der Waals surface area (Å²) in [5.41, 5.74) is 1.35. The Hall–Kier alpha value is -0.420. The zero-order chi connectivity index (χ0) is 12.1. The number of benzene rings is 1. The van der Waals surface area contributed by atoms with Gasteiger partial charge in [-0.1, -0.05) is 28.1 Å². The van der Waals surface area contributed by atoms with Crippen LogP contribution in [0.2, 0.25) is 0 Å². The first-order valence-corrected chi connectivity index (χ1v) is 6.88. The molecule has 1 atom stereocenters. The number of aliphatic hydroxyl groups excluding tert-OH is 1. The summed E-state index contributed by atoms with van der Waals surface area (Å²) < 4.78 is 1.14. The summed E-state index contributed by atoms with van der Waals surface area (Å²) in [7, 11) is 0. The number of hydrogen-bond acceptors (Lipinski definition) is 3. The maximum atomic E-state index is 8.78. The van der Waals surface area contributed by atoms with Crippen LogP contribution in [0.1, 0.15) is 12.0 Å². The second-order valence-corrected chi connectivity index (χ2v) is 5.44. The van der Waals surface area contributed by atoms with Crippen LogP contribution in [-0.4, -0.2) is 42.3 Å². The van der Waals surface area contributed by atoms with E-state index in [9.17, 15) is 0 Å². The second-order valence-electron chi connectivity index (χ2n) is 4.53. The van der Waals surface area contributed by atoms with Crippen molar-refractivity contribution in [2.24, 2.45) is 0 Å². The Bertz CT molecular complexity index is 359. The van der Waals surface area contributed by atoms with Gasteiger partial charge in [0.15, 0.2) is 0 Å². The highest BCUT2D eigenvalue weighted by molar-refractivity contribution is 9.10. The zero-order valence-corrected chi connectivity index (χ0v) is 11.5. The molecule has 1 aromatic carbocycles. The number of nitrogens with one attached hydrogen (secondary N) is 1. The van der Waals surface area contributed by atoms with E-state index in [4.69, 9.17) is 5.11 Å². The number of aliphatic hydroxyl groups is 1. The summed E-state index contributed by atoms with van der Waals surface area (Å²) in [6.45, 7) is 4.15. The van der Waals surface area contributed by atoms with E-state index in [1.165, 1.54) is 12.0 Å². The molecule has 1 fully saturated rings. The van der Waals surface area contributed by atoms with Gasteiger partial charge >= 0.3 is 0 Å². The molecular weight excluding hydrogens is 280 g/mol. The normalized spacial score (nSPS) is 20.9. The van der Waals surface area contributed by atoms with E-state index in [0.29, 0.717) is 12.6 Å². The van der Waals surface area contributed by atoms with Crippen LogP contribution in [0.3, 0.4) is 0 Å². The maximum absolute atomic E-state index is 8.78. The highest BCUT2D eigenvalue weighted by Gasteiger charge is 2.21. The Morgan fingerprint density at radius 1 is 1.47 bits per heavy atom. The van der Waals surface area contributed by atoms with Crippen molar-refractivity contribution in [3.8, 4) is 0 Å². The molecule has 2 N–H and O–H groups in total. The highest BCUT2D eigenvalue weighted by Crippen LogP contribution is 2.16. The first-order valence-electron chi connectivity index (χ1n) is 6.09. The molecule has 3 nitrogen and oxygen atoms in total. The molecule has 1 aromatic rings. The van der Waals surface area contributed by atoms with Gasteiger partial charge in [0.1, 0.15) is 0 Å². The molecule has 0 bridgehead atoms. The van der Waals surface area contributed by atoms with Gasteiger partial charge in [-0.25, -0.2) is 0 Å². The molecular formula is C13H19BrN2O. The Labute approximate surface area is 111 Å². The van der Waals surface area contributed by atoms with Crippen molar-refractivity contribution in [1.82, 2.24) is 10.2 Å². The molecule has 1 saturated heterocycles. The summed E-state index contributed by atoms with van der Waals surface area (Å²) in [5, 5.41) is 12.1. The van der Waals surface area contributed by atoms with Crippen LogP contribution in [-0.2, 0) is 6.54 Å². The summed E-state index contributed by atoms with van der Waals surface area (Å²) in [6, 6.07) is 9.01. The van der Waals surface area contributed by atoms with E-state index >= 15 is 0 Å². The second kappa shape index (κ2) is 6.50. The fourth-order valence-electron chi connectivity index (χ4n) is 2.31. The van der Waals surface area contributed by atoms with Crippen LogP contribution in [0.25, 0.3) is 0 Å². The molecule has 4 heteroatoms. The number of hydrogen-bond donors (Lipinski definition) is 2. The number of nitrogens with zero attached hydrogens (tertiary/aromatic N) is 1. The maximum Gasteiger partial charge on any atom is 0.0556 e. The third-order valence-corrected chi connectivity index (χ3v) is 3.61.